The van der Waals surface area contributed by atoms with E-state index in [0.29, 0.717) is 0 Å². The lowest BCUT2D eigenvalue weighted by atomic mass is 10.2. The molecular formula is C12H25N. The van der Waals surface area contributed by atoms with Crippen LogP contribution < -0.4 is 0 Å². The van der Waals surface area contributed by atoms with Crippen LogP contribution in [0.15, 0.2) is 11.8 Å². The molecule has 0 aromatic carbocycles. The van der Waals surface area contributed by atoms with Crippen LogP contribution in [0.1, 0.15) is 53.4 Å². The Balaban J connectivity index is 3.80. The molecule has 0 unspecified atom stereocenters. The molecule has 0 radical (unpaired) electrons. The van der Waals surface area contributed by atoms with Gasteiger partial charge in [0.15, 0.2) is 0 Å². The Hall–Kier alpha value is -0.460. The van der Waals surface area contributed by atoms with Gasteiger partial charge in [-0.3, -0.25) is 0 Å². The molecule has 78 valence electrons. The molecule has 0 aromatic heterocycles. The second-order valence-corrected chi connectivity index (χ2v) is 3.62. The summed E-state index contributed by atoms with van der Waals surface area (Å²) in [4.78, 5) is 2.50. The third-order valence-corrected chi connectivity index (χ3v) is 2.44. The van der Waals surface area contributed by atoms with Gasteiger partial charge in [0.05, 0.1) is 0 Å². The van der Waals surface area contributed by atoms with Gasteiger partial charge in [0.1, 0.15) is 0 Å². The van der Waals surface area contributed by atoms with Crippen LogP contribution >= 0.6 is 0 Å². The van der Waals surface area contributed by atoms with Crippen LogP contribution in [0.25, 0.3) is 0 Å². The number of unbranched alkanes of at least 4 members (excludes halogenated alkanes) is 2. The Labute approximate surface area is 83.8 Å². The summed E-state index contributed by atoms with van der Waals surface area (Å²) in [5, 5.41) is 0. The molecule has 0 aliphatic heterocycles. The minimum atomic E-state index is 1.21. The molecule has 0 saturated heterocycles. The highest BCUT2D eigenvalue weighted by molar-refractivity contribution is 4.94. The molecule has 0 saturated carbocycles. The van der Waals surface area contributed by atoms with E-state index in [4.69, 9.17) is 0 Å². The lowest BCUT2D eigenvalue weighted by Crippen LogP contribution is -2.23. The molecule has 0 heterocycles. The fourth-order valence-electron chi connectivity index (χ4n) is 1.47. The van der Waals surface area contributed by atoms with Crippen molar-refractivity contribution in [3.05, 3.63) is 11.8 Å². The normalized spacial score (nSPS) is 11.8. The maximum absolute atomic E-state index is 2.50. The van der Waals surface area contributed by atoms with E-state index in [9.17, 15) is 0 Å². The van der Waals surface area contributed by atoms with E-state index in [1.165, 1.54) is 44.5 Å². The van der Waals surface area contributed by atoms with Crippen molar-refractivity contribution in [3.8, 4) is 0 Å². The van der Waals surface area contributed by atoms with Crippen molar-refractivity contribution in [1.29, 1.82) is 0 Å². The van der Waals surface area contributed by atoms with E-state index in [1.807, 2.05) is 0 Å². The monoisotopic (exact) mass is 183 g/mol. The smallest absolute Gasteiger partial charge is 0.0174 e. The van der Waals surface area contributed by atoms with Gasteiger partial charge in [0, 0.05) is 18.8 Å². The van der Waals surface area contributed by atoms with E-state index < -0.39 is 0 Å². The van der Waals surface area contributed by atoms with Gasteiger partial charge < -0.3 is 4.90 Å². The van der Waals surface area contributed by atoms with Gasteiger partial charge in [-0.05, 0) is 26.7 Å². The number of hydrogen-bond donors (Lipinski definition) is 0. The molecule has 0 aliphatic rings. The van der Waals surface area contributed by atoms with Gasteiger partial charge in [-0.2, -0.15) is 0 Å². The van der Waals surface area contributed by atoms with Gasteiger partial charge in [0.2, 0.25) is 0 Å². The first-order valence-corrected chi connectivity index (χ1v) is 5.64. The van der Waals surface area contributed by atoms with Gasteiger partial charge >= 0.3 is 0 Å². The summed E-state index contributed by atoms with van der Waals surface area (Å²) in [6.45, 7) is 11.3. The number of allylic oxidation sites excluding steroid dienone is 2. The fraction of sp³-hybridized carbons (Fsp3) is 0.833. The molecule has 0 amide bonds. The Kier molecular flexibility index (Phi) is 7.86. The van der Waals surface area contributed by atoms with E-state index in [0.717, 1.165) is 0 Å². The minimum absolute atomic E-state index is 1.21. The van der Waals surface area contributed by atoms with E-state index in [2.05, 4.69) is 38.7 Å². The molecule has 1 nitrogen and oxygen atoms in total. The zero-order valence-electron chi connectivity index (χ0n) is 9.77. The van der Waals surface area contributed by atoms with Crippen LogP contribution in [0.2, 0.25) is 0 Å². The van der Waals surface area contributed by atoms with Crippen LogP contribution in [0.3, 0.4) is 0 Å². The second-order valence-electron chi connectivity index (χ2n) is 3.62. The standard InChI is InChI=1S/C12H25N/c1-5-8-9-11-13(10-6-2)12(4)7-3/h7H,5-6,8-11H2,1-4H3/b12-7+. The first-order chi connectivity index (χ1) is 6.26. The zero-order valence-corrected chi connectivity index (χ0v) is 9.77. The molecule has 0 atom stereocenters. The summed E-state index contributed by atoms with van der Waals surface area (Å²) in [5.41, 5.74) is 1.43. The molecule has 0 aromatic rings. The SMILES string of the molecule is C/C=C(\C)N(CCC)CCCCC. The van der Waals surface area contributed by atoms with Crippen LogP contribution in [0.4, 0.5) is 0 Å². The highest BCUT2D eigenvalue weighted by atomic mass is 15.1. The number of nitrogens with zero attached hydrogens (tertiary/aromatic N) is 1. The lowest BCUT2D eigenvalue weighted by molar-refractivity contribution is 0.335. The van der Waals surface area contributed by atoms with Crippen molar-refractivity contribution < 1.29 is 0 Å². The lowest BCUT2D eigenvalue weighted by Gasteiger charge is -2.24. The molecular weight excluding hydrogens is 158 g/mol. The van der Waals surface area contributed by atoms with Crippen molar-refractivity contribution >= 4 is 0 Å². The quantitative estimate of drug-likeness (QED) is 0.542. The van der Waals surface area contributed by atoms with E-state index >= 15 is 0 Å². The second kappa shape index (κ2) is 8.15. The third-order valence-electron chi connectivity index (χ3n) is 2.44. The highest BCUT2D eigenvalue weighted by Gasteiger charge is 2.01. The first-order valence-electron chi connectivity index (χ1n) is 5.64. The van der Waals surface area contributed by atoms with Crippen LogP contribution in [0, 0.1) is 0 Å². The molecule has 0 bridgehead atoms. The molecule has 0 aliphatic carbocycles. The maximum Gasteiger partial charge on any atom is 0.0174 e. The molecule has 13 heavy (non-hydrogen) atoms. The average Bonchev–Trinajstić information content (AvgIpc) is 2.16. The molecule has 0 N–H and O–H groups in total. The summed E-state index contributed by atoms with van der Waals surface area (Å²) in [6, 6.07) is 0. The number of hydrogen-bond acceptors (Lipinski definition) is 1. The molecule has 0 fully saturated rings. The Morgan fingerprint density at radius 3 is 2.23 bits per heavy atom. The fourth-order valence-corrected chi connectivity index (χ4v) is 1.47. The summed E-state index contributed by atoms with van der Waals surface area (Å²) in [7, 11) is 0. The first kappa shape index (κ1) is 12.5. The predicted molar refractivity (Wildman–Crippen MR) is 60.8 cm³/mol. The van der Waals surface area contributed by atoms with Crippen LogP contribution in [-0.4, -0.2) is 18.0 Å². The predicted octanol–water partition coefficient (Wildman–Crippen LogP) is 3.81. The maximum atomic E-state index is 2.50. The molecule has 0 rings (SSSR count). The van der Waals surface area contributed by atoms with Gasteiger partial charge in [-0.1, -0.05) is 32.8 Å². The van der Waals surface area contributed by atoms with Crippen molar-refractivity contribution in [2.75, 3.05) is 13.1 Å². The summed E-state index contributed by atoms with van der Waals surface area (Å²) >= 11 is 0. The average molecular weight is 183 g/mol. The van der Waals surface area contributed by atoms with E-state index in [-0.39, 0.29) is 0 Å². The Morgan fingerprint density at radius 1 is 1.08 bits per heavy atom. The van der Waals surface area contributed by atoms with Crippen molar-refractivity contribution in [1.82, 2.24) is 4.90 Å². The van der Waals surface area contributed by atoms with Gasteiger partial charge in [-0.25, -0.2) is 0 Å². The minimum Gasteiger partial charge on any atom is -0.375 e. The van der Waals surface area contributed by atoms with Crippen LogP contribution in [0.5, 0.6) is 0 Å². The largest absolute Gasteiger partial charge is 0.375 e. The summed E-state index contributed by atoms with van der Waals surface area (Å²) in [6.07, 6.45) is 7.46. The van der Waals surface area contributed by atoms with E-state index in [1.54, 1.807) is 0 Å². The molecule has 1 heteroatoms. The Bertz CT molecular complexity index is 138. The van der Waals surface area contributed by atoms with Crippen molar-refractivity contribution in [3.63, 3.8) is 0 Å². The van der Waals surface area contributed by atoms with Gasteiger partial charge in [-0.15, -0.1) is 0 Å². The molecule has 0 spiro atoms. The van der Waals surface area contributed by atoms with Crippen molar-refractivity contribution in [2.45, 2.75) is 53.4 Å². The highest BCUT2D eigenvalue weighted by Crippen LogP contribution is 2.07. The van der Waals surface area contributed by atoms with Gasteiger partial charge in [0.25, 0.3) is 0 Å². The summed E-state index contributed by atoms with van der Waals surface area (Å²) in [5.74, 6) is 0. The number of rotatable bonds is 7. The third kappa shape index (κ3) is 5.73. The topological polar surface area (TPSA) is 3.24 Å². The van der Waals surface area contributed by atoms with Crippen LogP contribution in [-0.2, 0) is 0 Å². The van der Waals surface area contributed by atoms with Crippen molar-refractivity contribution in [2.24, 2.45) is 0 Å². The zero-order chi connectivity index (χ0) is 10.1. The Morgan fingerprint density at radius 2 is 1.77 bits per heavy atom. The summed E-state index contributed by atoms with van der Waals surface area (Å²) < 4.78 is 0.